The van der Waals surface area contributed by atoms with Gasteiger partial charge in [-0.3, -0.25) is 14.6 Å². The molecule has 1 saturated heterocycles. The van der Waals surface area contributed by atoms with Crippen molar-refractivity contribution in [1.82, 2.24) is 25.2 Å². The van der Waals surface area contributed by atoms with E-state index in [1.54, 1.807) is 17.2 Å². The van der Waals surface area contributed by atoms with Gasteiger partial charge in [0.05, 0.1) is 12.2 Å². The number of nitrogen functional groups attached to an aromatic ring is 1. The van der Waals surface area contributed by atoms with Gasteiger partial charge >= 0.3 is 0 Å². The van der Waals surface area contributed by atoms with Crippen LogP contribution in [0.3, 0.4) is 0 Å². The van der Waals surface area contributed by atoms with Gasteiger partial charge in [-0.2, -0.15) is 0 Å². The minimum atomic E-state index is -0.252. The number of pyridine rings is 1. The first-order valence-corrected chi connectivity index (χ1v) is 9.05. The van der Waals surface area contributed by atoms with E-state index >= 15 is 0 Å². The molecule has 2 amide bonds. The van der Waals surface area contributed by atoms with Gasteiger partial charge in [0.25, 0.3) is 5.91 Å². The van der Waals surface area contributed by atoms with Crippen LogP contribution in [0.1, 0.15) is 54.5 Å². The Morgan fingerprint density at radius 3 is 2.81 bits per heavy atom. The van der Waals surface area contributed by atoms with Crippen molar-refractivity contribution in [3.8, 4) is 0 Å². The molecule has 0 spiro atoms. The standard InChI is InChI=1S/C19H24N6O2/c1-12(2)15-9-16(24-19(20)23-15)18(27)25(10-13-5-3-4-8-21-13)11-14-6-7-17(26)22-14/h3-5,8-9,12,14H,6-7,10-11H2,1-2H3,(H,22,26)(H2,20,23,24)/t14-/m0/s1. The summed E-state index contributed by atoms with van der Waals surface area (Å²) in [5.74, 6) is -0.0341. The summed E-state index contributed by atoms with van der Waals surface area (Å²) in [6.07, 6.45) is 2.87. The number of hydrogen-bond donors (Lipinski definition) is 2. The summed E-state index contributed by atoms with van der Waals surface area (Å²) in [6.45, 7) is 4.68. The highest BCUT2D eigenvalue weighted by Gasteiger charge is 2.27. The van der Waals surface area contributed by atoms with Crippen LogP contribution in [-0.2, 0) is 11.3 Å². The summed E-state index contributed by atoms with van der Waals surface area (Å²) in [4.78, 5) is 39.0. The molecule has 0 radical (unpaired) electrons. The first-order valence-electron chi connectivity index (χ1n) is 9.05. The molecule has 0 saturated carbocycles. The van der Waals surface area contributed by atoms with Crippen molar-refractivity contribution in [2.45, 2.75) is 45.2 Å². The number of aromatic nitrogens is 3. The van der Waals surface area contributed by atoms with Crippen LogP contribution in [0.2, 0.25) is 0 Å². The van der Waals surface area contributed by atoms with E-state index in [0.29, 0.717) is 25.9 Å². The largest absolute Gasteiger partial charge is 0.368 e. The molecular formula is C19H24N6O2. The van der Waals surface area contributed by atoms with E-state index < -0.39 is 0 Å². The van der Waals surface area contributed by atoms with Crippen LogP contribution in [-0.4, -0.2) is 44.3 Å². The van der Waals surface area contributed by atoms with Crippen LogP contribution in [0.5, 0.6) is 0 Å². The van der Waals surface area contributed by atoms with Gasteiger partial charge in [-0.05, 0) is 30.5 Å². The smallest absolute Gasteiger partial charge is 0.273 e. The molecule has 0 aromatic carbocycles. The fourth-order valence-corrected chi connectivity index (χ4v) is 3.04. The average Bonchev–Trinajstić information content (AvgIpc) is 3.05. The molecule has 27 heavy (non-hydrogen) atoms. The van der Waals surface area contributed by atoms with Crippen molar-refractivity contribution in [2.24, 2.45) is 0 Å². The molecule has 142 valence electrons. The first kappa shape index (κ1) is 18.8. The summed E-state index contributed by atoms with van der Waals surface area (Å²) in [7, 11) is 0. The summed E-state index contributed by atoms with van der Waals surface area (Å²) in [5, 5.41) is 2.91. The number of carbonyl (C=O) groups is 2. The Bertz CT molecular complexity index is 824. The number of hydrogen-bond acceptors (Lipinski definition) is 6. The first-order chi connectivity index (χ1) is 12.9. The SMILES string of the molecule is CC(C)c1cc(C(=O)N(Cc2ccccn2)C[C@@H]2CCC(=O)N2)nc(N)n1. The van der Waals surface area contributed by atoms with Gasteiger partial charge in [0.2, 0.25) is 11.9 Å². The van der Waals surface area contributed by atoms with Gasteiger partial charge in [0.1, 0.15) is 5.69 Å². The lowest BCUT2D eigenvalue weighted by atomic mass is 10.1. The summed E-state index contributed by atoms with van der Waals surface area (Å²) >= 11 is 0. The molecule has 3 heterocycles. The van der Waals surface area contributed by atoms with Crippen molar-refractivity contribution >= 4 is 17.8 Å². The van der Waals surface area contributed by atoms with Crippen molar-refractivity contribution in [3.63, 3.8) is 0 Å². The number of nitrogens with two attached hydrogens (primary N) is 1. The lowest BCUT2D eigenvalue weighted by Gasteiger charge is -2.25. The Kier molecular flexibility index (Phi) is 5.63. The Morgan fingerprint density at radius 1 is 1.37 bits per heavy atom. The maximum Gasteiger partial charge on any atom is 0.273 e. The third-order valence-electron chi connectivity index (χ3n) is 4.47. The summed E-state index contributed by atoms with van der Waals surface area (Å²) in [6, 6.07) is 7.17. The van der Waals surface area contributed by atoms with Crippen LogP contribution in [0.25, 0.3) is 0 Å². The molecule has 0 aliphatic carbocycles. The quantitative estimate of drug-likeness (QED) is 0.799. The maximum atomic E-state index is 13.2. The van der Waals surface area contributed by atoms with Crippen LogP contribution in [0.15, 0.2) is 30.5 Å². The second kappa shape index (κ2) is 8.11. The molecule has 1 aliphatic rings. The zero-order chi connectivity index (χ0) is 19.4. The maximum absolute atomic E-state index is 13.2. The van der Waals surface area contributed by atoms with E-state index in [2.05, 4.69) is 20.3 Å². The summed E-state index contributed by atoms with van der Waals surface area (Å²) in [5.41, 5.74) is 7.55. The molecule has 1 atom stereocenters. The lowest BCUT2D eigenvalue weighted by Crippen LogP contribution is -2.42. The van der Waals surface area contributed by atoms with E-state index in [4.69, 9.17) is 5.73 Å². The second-order valence-corrected chi connectivity index (χ2v) is 7.00. The predicted octanol–water partition coefficient (Wildman–Crippen LogP) is 1.50. The number of anilines is 1. The molecule has 0 bridgehead atoms. The normalized spacial score (nSPS) is 16.4. The van der Waals surface area contributed by atoms with E-state index in [-0.39, 0.29) is 35.4 Å². The van der Waals surface area contributed by atoms with E-state index in [1.165, 1.54) is 0 Å². The highest BCUT2D eigenvalue weighted by molar-refractivity contribution is 5.92. The Balaban J connectivity index is 1.86. The molecule has 2 aromatic rings. The topological polar surface area (TPSA) is 114 Å². The lowest BCUT2D eigenvalue weighted by molar-refractivity contribution is -0.119. The number of nitrogens with one attached hydrogen (secondary N) is 1. The van der Waals surface area contributed by atoms with Gasteiger partial charge < -0.3 is 16.0 Å². The van der Waals surface area contributed by atoms with Gasteiger partial charge in [0, 0.05) is 30.9 Å². The molecular weight excluding hydrogens is 344 g/mol. The number of rotatable bonds is 6. The molecule has 1 aliphatic heterocycles. The minimum Gasteiger partial charge on any atom is -0.368 e. The van der Waals surface area contributed by atoms with Crippen LogP contribution >= 0.6 is 0 Å². The van der Waals surface area contributed by atoms with Gasteiger partial charge in [0.15, 0.2) is 0 Å². The zero-order valence-corrected chi connectivity index (χ0v) is 15.6. The van der Waals surface area contributed by atoms with Crippen LogP contribution < -0.4 is 11.1 Å². The van der Waals surface area contributed by atoms with E-state index in [1.807, 2.05) is 32.0 Å². The number of nitrogens with zero attached hydrogens (tertiary/aromatic N) is 4. The fraction of sp³-hybridized carbons (Fsp3) is 0.421. The van der Waals surface area contributed by atoms with E-state index in [0.717, 1.165) is 11.4 Å². The Labute approximate surface area is 158 Å². The Morgan fingerprint density at radius 2 is 2.19 bits per heavy atom. The van der Waals surface area contributed by atoms with Crippen molar-refractivity contribution in [2.75, 3.05) is 12.3 Å². The highest BCUT2D eigenvalue weighted by atomic mass is 16.2. The van der Waals surface area contributed by atoms with Crippen molar-refractivity contribution in [3.05, 3.63) is 47.5 Å². The molecule has 0 unspecified atom stereocenters. The molecule has 3 rings (SSSR count). The minimum absolute atomic E-state index is 0.0126. The molecule has 1 fully saturated rings. The number of carbonyl (C=O) groups excluding carboxylic acids is 2. The molecule has 3 N–H and O–H groups in total. The van der Waals surface area contributed by atoms with Crippen LogP contribution in [0, 0.1) is 0 Å². The number of amides is 2. The fourth-order valence-electron chi connectivity index (χ4n) is 3.04. The van der Waals surface area contributed by atoms with Gasteiger partial charge in [-0.25, -0.2) is 9.97 Å². The van der Waals surface area contributed by atoms with E-state index in [9.17, 15) is 9.59 Å². The van der Waals surface area contributed by atoms with Gasteiger partial charge in [-0.1, -0.05) is 19.9 Å². The third-order valence-corrected chi connectivity index (χ3v) is 4.47. The van der Waals surface area contributed by atoms with Crippen LogP contribution in [0.4, 0.5) is 5.95 Å². The summed E-state index contributed by atoms with van der Waals surface area (Å²) < 4.78 is 0. The average molecular weight is 368 g/mol. The highest BCUT2D eigenvalue weighted by Crippen LogP contribution is 2.17. The molecule has 8 nitrogen and oxygen atoms in total. The predicted molar refractivity (Wildman–Crippen MR) is 101 cm³/mol. The third kappa shape index (κ3) is 4.78. The monoisotopic (exact) mass is 368 g/mol. The van der Waals surface area contributed by atoms with Crippen molar-refractivity contribution in [1.29, 1.82) is 0 Å². The van der Waals surface area contributed by atoms with Gasteiger partial charge in [-0.15, -0.1) is 0 Å². The molecule has 2 aromatic heterocycles. The zero-order valence-electron chi connectivity index (χ0n) is 15.6. The Hall–Kier alpha value is -3.03. The van der Waals surface area contributed by atoms with Crippen molar-refractivity contribution < 1.29 is 9.59 Å². The molecule has 8 heteroatoms. The second-order valence-electron chi connectivity index (χ2n) is 7.00.